The second kappa shape index (κ2) is 14.1. The summed E-state index contributed by atoms with van der Waals surface area (Å²) >= 11 is 12.9. The molecule has 0 spiro atoms. The first-order valence-corrected chi connectivity index (χ1v) is 15.0. The van der Waals surface area contributed by atoms with Crippen LogP contribution in [0, 0.1) is 5.82 Å². The van der Waals surface area contributed by atoms with E-state index in [1.807, 2.05) is 30.3 Å². The second-order valence-corrected chi connectivity index (χ2v) is 12.7. The summed E-state index contributed by atoms with van der Waals surface area (Å²) in [6.07, 6.45) is 0.143. The van der Waals surface area contributed by atoms with Gasteiger partial charge < -0.3 is 10.2 Å². The zero-order chi connectivity index (χ0) is 30.3. The van der Waals surface area contributed by atoms with Crippen molar-refractivity contribution in [2.45, 2.75) is 38.9 Å². The molecule has 3 rings (SSSR count). The van der Waals surface area contributed by atoms with E-state index in [-0.39, 0.29) is 34.7 Å². The normalized spacial score (nSPS) is 12.3. The Morgan fingerprint density at radius 3 is 2.02 bits per heavy atom. The smallest absolute Gasteiger partial charge is 0.304 e. The van der Waals surface area contributed by atoms with Gasteiger partial charge in [-0.15, -0.1) is 0 Å². The molecule has 0 unspecified atom stereocenters. The maximum absolute atomic E-state index is 14.2. The van der Waals surface area contributed by atoms with E-state index in [4.69, 9.17) is 23.2 Å². The molecule has 0 aliphatic rings. The third kappa shape index (κ3) is 8.42. The number of anilines is 1. The van der Waals surface area contributed by atoms with Gasteiger partial charge in [0.05, 0.1) is 5.69 Å². The fourth-order valence-corrected chi connectivity index (χ4v) is 5.69. The molecule has 0 aliphatic carbocycles. The molecule has 0 aliphatic heterocycles. The van der Waals surface area contributed by atoms with Crippen LogP contribution in [-0.2, 0) is 32.8 Å². The van der Waals surface area contributed by atoms with Crippen LogP contribution in [-0.4, -0.2) is 62.2 Å². The van der Waals surface area contributed by atoms with Gasteiger partial charge in [-0.05, 0) is 55.8 Å². The predicted octanol–water partition coefficient (Wildman–Crippen LogP) is 4.91. The van der Waals surface area contributed by atoms with Crippen molar-refractivity contribution in [2.75, 3.05) is 24.9 Å². The number of nitrogens with zero attached hydrogens (tertiary/aromatic N) is 3. The zero-order valence-corrected chi connectivity index (χ0v) is 25.5. The molecular formula is C29H33Cl2FN4O4S. The Hall–Kier alpha value is -3.18. The first-order valence-electron chi connectivity index (χ1n) is 12.8. The SMILES string of the molecule is CC(C)NC(=O)[C@H](Cc1ccccc1)N(Cc1c(Cl)cccc1Cl)C(=O)CN(c1ccc(F)cc1)S(=O)(=O)N(C)C. The molecule has 12 heteroatoms. The van der Waals surface area contributed by atoms with Gasteiger partial charge in [0, 0.05) is 48.7 Å². The molecule has 3 aromatic carbocycles. The molecule has 3 aromatic rings. The molecule has 8 nitrogen and oxygen atoms in total. The van der Waals surface area contributed by atoms with Crippen molar-refractivity contribution in [3.8, 4) is 0 Å². The standard InChI is InChI=1S/C29H33Cl2FN4O4S/c1-20(2)33-29(38)27(17-21-9-6-5-7-10-21)35(18-24-25(30)11-8-12-26(24)31)28(37)19-36(41(39,40)34(3)4)23-15-13-22(32)14-16-23/h5-16,20,27H,17-19H2,1-4H3,(H,33,38)/t27-/m0/s1. The first-order chi connectivity index (χ1) is 19.3. The van der Waals surface area contributed by atoms with Crippen LogP contribution in [0.15, 0.2) is 72.8 Å². The van der Waals surface area contributed by atoms with Crippen molar-refractivity contribution in [1.82, 2.24) is 14.5 Å². The number of amides is 2. The number of carbonyl (C=O) groups is 2. The molecule has 220 valence electrons. The molecule has 0 heterocycles. The number of hydrogen-bond acceptors (Lipinski definition) is 4. The van der Waals surface area contributed by atoms with Crippen LogP contribution in [0.5, 0.6) is 0 Å². The maximum atomic E-state index is 14.2. The lowest BCUT2D eigenvalue weighted by molar-refractivity contribution is -0.140. The van der Waals surface area contributed by atoms with Crippen molar-refractivity contribution >= 4 is 50.9 Å². The quantitative estimate of drug-likeness (QED) is 0.311. The van der Waals surface area contributed by atoms with E-state index in [0.29, 0.717) is 5.56 Å². The summed E-state index contributed by atoms with van der Waals surface area (Å²) in [6.45, 7) is 2.76. The zero-order valence-electron chi connectivity index (χ0n) is 23.2. The second-order valence-electron chi connectivity index (χ2n) is 9.86. The van der Waals surface area contributed by atoms with Crippen molar-refractivity contribution in [1.29, 1.82) is 0 Å². The first kappa shape index (κ1) is 32.3. The van der Waals surface area contributed by atoms with Gasteiger partial charge in [0.25, 0.3) is 0 Å². The van der Waals surface area contributed by atoms with Crippen LogP contribution < -0.4 is 9.62 Å². The maximum Gasteiger partial charge on any atom is 0.304 e. The Morgan fingerprint density at radius 1 is 0.902 bits per heavy atom. The molecule has 0 saturated heterocycles. The predicted molar refractivity (Wildman–Crippen MR) is 161 cm³/mol. The summed E-state index contributed by atoms with van der Waals surface area (Å²) < 4.78 is 42.2. The van der Waals surface area contributed by atoms with Crippen LogP contribution >= 0.6 is 23.2 Å². The summed E-state index contributed by atoms with van der Waals surface area (Å²) in [5.74, 6) is -1.68. The minimum atomic E-state index is -4.20. The third-order valence-electron chi connectivity index (χ3n) is 6.23. The number of rotatable bonds is 12. The van der Waals surface area contributed by atoms with E-state index in [1.54, 1.807) is 32.0 Å². The highest BCUT2D eigenvalue weighted by Crippen LogP contribution is 2.28. The molecular weight excluding hydrogens is 590 g/mol. The molecule has 0 saturated carbocycles. The van der Waals surface area contributed by atoms with Crippen molar-refractivity contribution in [3.63, 3.8) is 0 Å². The third-order valence-corrected chi connectivity index (χ3v) is 8.75. The average molecular weight is 624 g/mol. The summed E-state index contributed by atoms with van der Waals surface area (Å²) in [7, 11) is -1.55. The van der Waals surface area contributed by atoms with Crippen molar-refractivity contribution in [3.05, 3.63) is 99.8 Å². The van der Waals surface area contributed by atoms with Crippen LogP contribution in [0.1, 0.15) is 25.0 Å². The fourth-order valence-electron chi connectivity index (χ4n) is 4.11. The Morgan fingerprint density at radius 2 is 1.49 bits per heavy atom. The highest BCUT2D eigenvalue weighted by atomic mass is 35.5. The molecule has 0 bridgehead atoms. The number of nitrogens with one attached hydrogen (secondary N) is 1. The van der Waals surface area contributed by atoms with E-state index in [1.165, 1.54) is 31.1 Å². The minimum Gasteiger partial charge on any atom is -0.352 e. The Kier molecular flexibility index (Phi) is 11.1. The largest absolute Gasteiger partial charge is 0.352 e. The lowest BCUT2D eigenvalue weighted by atomic mass is 10.0. The van der Waals surface area contributed by atoms with Crippen molar-refractivity contribution < 1.29 is 22.4 Å². The van der Waals surface area contributed by atoms with Gasteiger partial charge in [-0.25, -0.2) is 8.70 Å². The number of hydrogen-bond donors (Lipinski definition) is 1. The Balaban J connectivity index is 2.13. The van der Waals surface area contributed by atoms with Gasteiger partial charge in [0.1, 0.15) is 18.4 Å². The van der Waals surface area contributed by atoms with Gasteiger partial charge in [0.15, 0.2) is 0 Å². The monoisotopic (exact) mass is 622 g/mol. The molecule has 41 heavy (non-hydrogen) atoms. The Bertz CT molecular complexity index is 1440. The fraction of sp³-hybridized carbons (Fsp3) is 0.310. The Labute approximate surface area is 250 Å². The number of benzene rings is 3. The van der Waals surface area contributed by atoms with E-state index >= 15 is 0 Å². The van der Waals surface area contributed by atoms with Gasteiger partial charge in [-0.3, -0.25) is 9.59 Å². The van der Waals surface area contributed by atoms with Crippen LogP contribution in [0.3, 0.4) is 0 Å². The summed E-state index contributed by atoms with van der Waals surface area (Å²) in [5, 5.41) is 3.45. The van der Waals surface area contributed by atoms with E-state index in [2.05, 4.69) is 5.32 Å². The molecule has 1 N–H and O–H groups in total. The minimum absolute atomic E-state index is 0.0791. The molecule has 0 aromatic heterocycles. The molecule has 2 amide bonds. The summed E-state index contributed by atoms with van der Waals surface area (Å²) in [6, 6.07) is 17.5. The lowest BCUT2D eigenvalue weighted by Crippen LogP contribution is -2.55. The molecule has 1 atom stereocenters. The van der Waals surface area contributed by atoms with E-state index in [9.17, 15) is 22.4 Å². The number of halogens is 3. The van der Waals surface area contributed by atoms with E-state index in [0.717, 1.165) is 26.3 Å². The average Bonchev–Trinajstić information content (AvgIpc) is 2.91. The van der Waals surface area contributed by atoms with Gasteiger partial charge in [-0.2, -0.15) is 12.7 Å². The van der Waals surface area contributed by atoms with Gasteiger partial charge in [0.2, 0.25) is 11.8 Å². The van der Waals surface area contributed by atoms with Crippen LogP contribution in [0.2, 0.25) is 10.0 Å². The molecule has 0 fully saturated rings. The van der Waals surface area contributed by atoms with E-state index < -0.39 is 40.4 Å². The van der Waals surface area contributed by atoms with Gasteiger partial charge in [-0.1, -0.05) is 59.6 Å². The topological polar surface area (TPSA) is 90.0 Å². The highest BCUT2D eigenvalue weighted by Gasteiger charge is 2.35. The lowest BCUT2D eigenvalue weighted by Gasteiger charge is -2.35. The van der Waals surface area contributed by atoms with Crippen LogP contribution in [0.25, 0.3) is 0 Å². The molecule has 0 radical (unpaired) electrons. The summed E-state index contributed by atoms with van der Waals surface area (Å²) in [4.78, 5) is 29.1. The van der Waals surface area contributed by atoms with Gasteiger partial charge >= 0.3 is 10.2 Å². The summed E-state index contributed by atoms with van der Waals surface area (Å²) in [5.41, 5.74) is 1.27. The van der Waals surface area contributed by atoms with Crippen molar-refractivity contribution in [2.24, 2.45) is 0 Å². The highest BCUT2D eigenvalue weighted by molar-refractivity contribution is 7.90. The number of carbonyl (C=O) groups excluding carboxylic acids is 2. The van der Waals surface area contributed by atoms with Crippen LogP contribution in [0.4, 0.5) is 10.1 Å².